The van der Waals surface area contributed by atoms with Gasteiger partial charge in [0.05, 0.1) is 10.8 Å². The molecule has 0 N–H and O–H groups in total. The van der Waals surface area contributed by atoms with Crippen molar-refractivity contribution < 1.29 is 9.72 Å². The van der Waals surface area contributed by atoms with Gasteiger partial charge in [-0.25, -0.2) is 0 Å². The summed E-state index contributed by atoms with van der Waals surface area (Å²) in [5.41, 5.74) is 1.38. The van der Waals surface area contributed by atoms with Crippen LogP contribution in [0.2, 0.25) is 0 Å². The van der Waals surface area contributed by atoms with E-state index in [1.807, 2.05) is 13.8 Å². The number of nitro benzene ring substituents is 1. The topological polar surface area (TPSA) is 60.2 Å². The van der Waals surface area contributed by atoms with Gasteiger partial charge >= 0.3 is 0 Å². The highest BCUT2D eigenvalue weighted by atomic mass is 16.6. The maximum Gasteiger partial charge on any atom is 0.273 e. The summed E-state index contributed by atoms with van der Waals surface area (Å²) < 4.78 is 0. The number of carbonyl (C=O) groups is 1. The minimum Gasteiger partial charge on any atom is -0.299 e. The number of hydrogen-bond acceptors (Lipinski definition) is 3. The fourth-order valence-corrected chi connectivity index (χ4v) is 2.12. The lowest BCUT2D eigenvalue weighted by Gasteiger charge is -2.18. The molecular weight excluding hydrogens is 218 g/mol. The second-order valence-corrected chi connectivity index (χ2v) is 4.65. The van der Waals surface area contributed by atoms with E-state index in [0.29, 0.717) is 5.56 Å². The number of hydrogen-bond donors (Lipinski definition) is 0. The molecule has 1 atom stereocenters. The molecule has 0 heterocycles. The second kappa shape index (κ2) is 5.08. The van der Waals surface area contributed by atoms with Crippen LogP contribution in [-0.2, 0) is 4.79 Å². The van der Waals surface area contributed by atoms with Crippen molar-refractivity contribution in [1.82, 2.24) is 0 Å². The molecule has 0 aliphatic rings. The molecule has 0 saturated carbocycles. The van der Waals surface area contributed by atoms with E-state index >= 15 is 0 Å². The van der Waals surface area contributed by atoms with Crippen LogP contribution in [-0.4, -0.2) is 10.7 Å². The first kappa shape index (κ1) is 13.4. The van der Waals surface area contributed by atoms with Crippen molar-refractivity contribution in [3.63, 3.8) is 0 Å². The van der Waals surface area contributed by atoms with Gasteiger partial charge in [-0.05, 0) is 25.3 Å². The van der Waals surface area contributed by atoms with E-state index in [-0.39, 0.29) is 17.4 Å². The van der Waals surface area contributed by atoms with Crippen molar-refractivity contribution in [2.75, 3.05) is 0 Å². The van der Waals surface area contributed by atoms with Gasteiger partial charge in [0.1, 0.15) is 5.78 Å². The zero-order chi connectivity index (χ0) is 13.2. The molecule has 1 aromatic rings. The largest absolute Gasteiger partial charge is 0.299 e. The number of rotatable bonds is 4. The maximum atomic E-state index is 11.6. The molecule has 4 nitrogen and oxygen atoms in total. The van der Waals surface area contributed by atoms with Crippen molar-refractivity contribution in [3.8, 4) is 0 Å². The number of nitrogens with zero attached hydrogens (tertiary/aromatic N) is 1. The monoisotopic (exact) mass is 235 g/mol. The number of Topliss-reactive ketones (excluding diaryl/α,β-unsaturated/α-hetero) is 1. The fraction of sp³-hybridized carbons (Fsp3) is 0.462. The molecule has 0 bridgehead atoms. The summed E-state index contributed by atoms with van der Waals surface area (Å²) in [6.07, 6.45) is 0. The van der Waals surface area contributed by atoms with Crippen LogP contribution in [0.3, 0.4) is 0 Å². The fourth-order valence-electron chi connectivity index (χ4n) is 2.12. The predicted molar refractivity (Wildman–Crippen MR) is 66.1 cm³/mol. The summed E-state index contributed by atoms with van der Waals surface area (Å²) in [5, 5.41) is 11.0. The molecular formula is C13H17NO3. The van der Waals surface area contributed by atoms with Crippen molar-refractivity contribution in [2.45, 2.75) is 33.6 Å². The minimum atomic E-state index is -0.416. The summed E-state index contributed by atoms with van der Waals surface area (Å²) >= 11 is 0. The zero-order valence-corrected chi connectivity index (χ0v) is 10.6. The molecule has 0 saturated heterocycles. The minimum absolute atomic E-state index is 0.0352. The first-order chi connectivity index (χ1) is 7.84. The maximum absolute atomic E-state index is 11.6. The molecule has 0 aromatic heterocycles. The van der Waals surface area contributed by atoms with Gasteiger partial charge in [0.15, 0.2) is 0 Å². The highest BCUT2D eigenvalue weighted by Crippen LogP contribution is 2.33. The Balaban J connectivity index is 3.37. The molecule has 0 amide bonds. The zero-order valence-electron chi connectivity index (χ0n) is 10.6. The quantitative estimate of drug-likeness (QED) is 0.594. The SMILES string of the molecule is CC(=O)C(c1ccc(C)cc1[N+](=O)[O-])C(C)C. The van der Waals surface area contributed by atoms with Crippen LogP contribution in [0.25, 0.3) is 0 Å². The van der Waals surface area contributed by atoms with Crippen LogP contribution in [0.1, 0.15) is 37.8 Å². The molecule has 17 heavy (non-hydrogen) atoms. The third-order valence-corrected chi connectivity index (χ3v) is 2.82. The third-order valence-electron chi connectivity index (χ3n) is 2.82. The summed E-state index contributed by atoms with van der Waals surface area (Å²) in [6.45, 7) is 7.08. The summed E-state index contributed by atoms with van der Waals surface area (Å²) in [7, 11) is 0. The lowest BCUT2D eigenvalue weighted by Crippen LogP contribution is -2.16. The molecule has 1 rings (SSSR count). The number of benzene rings is 1. The van der Waals surface area contributed by atoms with Gasteiger partial charge in [0.2, 0.25) is 0 Å². The van der Waals surface area contributed by atoms with E-state index in [1.165, 1.54) is 13.0 Å². The van der Waals surface area contributed by atoms with Crippen molar-refractivity contribution in [3.05, 3.63) is 39.4 Å². The Morgan fingerprint density at radius 1 is 1.35 bits per heavy atom. The van der Waals surface area contributed by atoms with E-state index in [9.17, 15) is 14.9 Å². The van der Waals surface area contributed by atoms with Gasteiger partial charge in [0, 0.05) is 11.6 Å². The highest BCUT2D eigenvalue weighted by molar-refractivity contribution is 5.85. The second-order valence-electron chi connectivity index (χ2n) is 4.65. The molecule has 4 heteroatoms. The summed E-state index contributed by atoms with van der Waals surface area (Å²) in [5.74, 6) is -0.392. The Bertz CT molecular complexity index is 452. The standard InChI is InChI=1S/C13H17NO3/c1-8(2)13(10(4)15)11-6-5-9(3)7-12(11)14(16)17/h5-8,13H,1-4H3. The van der Waals surface area contributed by atoms with Crippen molar-refractivity contribution in [2.24, 2.45) is 5.92 Å². The molecule has 0 radical (unpaired) electrons. The van der Waals surface area contributed by atoms with Crippen LogP contribution in [0, 0.1) is 23.0 Å². The van der Waals surface area contributed by atoms with Crippen molar-refractivity contribution >= 4 is 11.5 Å². The first-order valence-corrected chi connectivity index (χ1v) is 5.60. The van der Waals surface area contributed by atoms with E-state index in [0.717, 1.165) is 5.56 Å². The van der Waals surface area contributed by atoms with E-state index in [1.54, 1.807) is 19.1 Å². The number of carbonyl (C=O) groups excluding carboxylic acids is 1. The molecule has 1 aromatic carbocycles. The molecule has 0 aliphatic heterocycles. The van der Waals surface area contributed by atoms with E-state index < -0.39 is 10.8 Å². The summed E-state index contributed by atoms with van der Waals surface area (Å²) in [6, 6.07) is 5.02. The van der Waals surface area contributed by atoms with Crippen LogP contribution >= 0.6 is 0 Å². The number of nitro groups is 1. The average molecular weight is 235 g/mol. The lowest BCUT2D eigenvalue weighted by atomic mass is 9.84. The number of ketones is 1. The van der Waals surface area contributed by atoms with Gasteiger partial charge in [-0.3, -0.25) is 14.9 Å². The van der Waals surface area contributed by atoms with Gasteiger partial charge in [-0.15, -0.1) is 0 Å². The molecule has 92 valence electrons. The Morgan fingerprint density at radius 2 is 1.94 bits per heavy atom. The normalized spacial score (nSPS) is 12.5. The smallest absolute Gasteiger partial charge is 0.273 e. The van der Waals surface area contributed by atoms with Crippen LogP contribution < -0.4 is 0 Å². The van der Waals surface area contributed by atoms with Crippen LogP contribution in [0.4, 0.5) is 5.69 Å². The van der Waals surface area contributed by atoms with Gasteiger partial charge in [0.25, 0.3) is 5.69 Å². The Hall–Kier alpha value is -1.71. The Morgan fingerprint density at radius 3 is 2.35 bits per heavy atom. The summed E-state index contributed by atoms with van der Waals surface area (Å²) in [4.78, 5) is 22.2. The first-order valence-electron chi connectivity index (χ1n) is 5.60. The molecule has 0 spiro atoms. The highest BCUT2D eigenvalue weighted by Gasteiger charge is 2.27. The van der Waals surface area contributed by atoms with Gasteiger partial charge in [-0.2, -0.15) is 0 Å². The van der Waals surface area contributed by atoms with Crippen LogP contribution in [0.5, 0.6) is 0 Å². The lowest BCUT2D eigenvalue weighted by molar-refractivity contribution is -0.385. The molecule has 0 aliphatic carbocycles. The molecule has 1 unspecified atom stereocenters. The Kier molecular flexibility index (Phi) is 3.99. The Labute approximate surface area is 101 Å². The van der Waals surface area contributed by atoms with E-state index in [2.05, 4.69) is 0 Å². The number of aryl methyl sites for hydroxylation is 1. The van der Waals surface area contributed by atoms with Crippen molar-refractivity contribution in [1.29, 1.82) is 0 Å². The van der Waals surface area contributed by atoms with Gasteiger partial charge < -0.3 is 0 Å². The molecule has 0 fully saturated rings. The average Bonchev–Trinajstić information content (AvgIpc) is 2.19. The predicted octanol–water partition coefficient (Wildman–Crippen LogP) is 3.23. The van der Waals surface area contributed by atoms with Crippen LogP contribution in [0.15, 0.2) is 18.2 Å². The third kappa shape index (κ3) is 2.90. The van der Waals surface area contributed by atoms with E-state index in [4.69, 9.17) is 0 Å². The van der Waals surface area contributed by atoms with Gasteiger partial charge in [-0.1, -0.05) is 26.0 Å².